The van der Waals surface area contributed by atoms with Crippen molar-refractivity contribution in [1.29, 1.82) is 5.26 Å². The Labute approximate surface area is 117 Å². The van der Waals surface area contributed by atoms with Crippen LogP contribution in [-0.4, -0.2) is 11.1 Å². The van der Waals surface area contributed by atoms with Gasteiger partial charge in [-0.3, -0.25) is 4.79 Å². The fraction of sp³-hybridized carbons (Fsp3) is 0.333. The summed E-state index contributed by atoms with van der Waals surface area (Å²) in [5, 5.41) is 18.3. The number of hydrogen-bond acceptors (Lipinski definition) is 2. The molecule has 1 saturated carbocycles. The highest BCUT2D eigenvalue weighted by Gasteiger charge is 2.60. The van der Waals surface area contributed by atoms with E-state index in [1.807, 2.05) is 32.1 Å². The van der Waals surface area contributed by atoms with Crippen LogP contribution in [0.4, 0.5) is 0 Å². The molecule has 1 aliphatic carbocycles. The van der Waals surface area contributed by atoms with Crippen molar-refractivity contribution in [1.82, 2.24) is 0 Å². The minimum absolute atomic E-state index is 0.0411. The summed E-state index contributed by atoms with van der Waals surface area (Å²) in [5.41, 5.74) is 1.11. The van der Waals surface area contributed by atoms with Gasteiger partial charge in [0, 0.05) is 0 Å². The van der Waals surface area contributed by atoms with E-state index in [1.54, 1.807) is 18.2 Å². The zero-order valence-corrected chi connectivity index (χ0v) is 11.5. The lowest BCUT2D eigenvalue weighted by atomic mass is 10.1. The van der Waals surface area contributed by atoms with Crippen LogP contribution in [0.5, 0.6) is 0 Å². The smallest absolute Gasteiger partial charge is 0.307 e. The molecule has 0 radical (unpaired) electrons. The van der Waals surface area contributed by atoms with Gasteiger partial charge in [0.2, 0.25) is 0 Å². The van der Waals surface area contributed by atoms with Gasteiger partial charge in [-0.1, -0.05) is 43.7 Å². The Morgan fingerprint density at radius 3 is 2.68 bits per heavy atom. The van der Waals surface area contributed by atoms with Crippen molar-refractivity contribution in [2.75, 3.05) is 0 Å². The van der Waals surface area contributed by atoms with Crippen LogP contribution in [0.3, 0.4) is 0 Å². The molecule has 2 rings (SSSR count). The van der Waals surface area contributed by atoms with Gasteiger partial charge in [-0.25, -0.2) is 0 Å². The summed E-state index contributed by atoms with van der Waals surface area (Å²) in [6, 6.07) is 7.17. The van der Waals surface area contributed by atoms with Crippen LogP contribution in [0, 0.1) is 28.6 Å². The Balaban J connectivity index is 2.15. The van der Waals surface area contributed by atoms with Gasteiger partial charge in [0.25, 0.3) is 0 Å². The summed E-state index contributed by atoms with van der Waals surface area (Å²) in [5.74, 6) is -1.03. The first-order valence-electron chi connectivity index (χ1n) is 5.98. The van der Waals surface area contributed by atoms with Gasteiger partial charge >= 0.3 is 5.97 Å². The quantitative estimate of drug-likeness (QED) is 0.917. The number of aliphatic carboxylic acids is 1. The lowest BCUT2D eigenvalue weighted by Crippen LogP contribution is -2.02. The number of carbonyl (C=O) groups is 1. The molecule has 98 valence electrons. The highest BCUT2D eigenvalue weighted by Crippen LogP contribution is 2.59. The number of nitriles is 1. The van der Waals surface area contributed by atoms with Gasteiger partial charge in [-0.2, -0.15) is 5.26 Å². The second-order valence-electron chi connectivity index (χ2n) is 5.37. The Kier molecular flexibility index (Phi) is 3.38. The zero-order chi connectivity index (χ0) is 14.2. The van der Waals surface area contributed by atoms with E-state index in [-0.39, 0.29) is 17.3 Å². The predicted octanol–water partition coefficient (Wildman–Crippen LogP) is 3.58. The van der Waals surface area contributed by atoms with E-state index in [4.69, 9.17) is 22.0 Å². The number of nitrogens with zero attached hydrogens (tertiary/aromatic N) is 1. The van der Waals surface area contributed by atoms with E-state index in [0.717, 1.165) is 5.56 Å². The molecule has 0 saturated heterocycles. The van der Waals surface area contributed by atoms with Crippen molar-refractivity contribution in [3.05, 3.63) is 40.4 Å². The largest absolute Gasteiger partial charge is 0.481 e. The average molecular weight is 276 g/mol. The number of hydrogen-bond donors (Lipinski definition) is 1. The molecule has 2 atom stereocenters. The second kappa shape index (κ2) is 4.71. The van der Waals surface area contributed by atoms with Gasteiger partial charge in [0.05, 0.1) is 16.5 Å². The summed E-state index contributed by atoms with van der Waals surface area (Å²) in [4.78, 5) is 11.0. The minimum atomic E-state index is -0.752. The molecule has 19 heavy (non-hydrogen) atoms. The SMILES string of the molecule is CC1(C)[C@H](C=Cc2ccc(C#N)c(Cl)c2)[C@H]1C(=O)O. The number of allylic oxidation sites excluding steroid dienone is 1. The Hall–Kier alpha value is -1.79. The van der Waals surface area contributed by atoms with Gasteiger partial charge in [-0.05, 0) is 29.0 Å². The molecule has 0 spiro atoms. The first-order valence-corrected chi connectivity index (χ1v) is 6.36. The molecule has 1 aromatic rings. The van der Waals surface area contributed by atoms with Gasteiger partial charge in [0.15, 0.2) is 0 Å². The molecule has 0 aromatic heterocycles. The van der Waals surface area contributed by atoms with Crippen LogP contribution in [0.15, 0.2) is 24.3 Å². The molecule has 3 nitrogen and oxygen atoms in total. The van der Waals surface area contributed by atoms with E-state index >= 15 is 0 Å². The fourth-order valence-electron chi connectivity index (χ4n) is 2.45. The topological polar surface area (TPSA) is 61.1 Å². The van der Waals surface area contributed by atoms with Gasteiger partial charge in [0.1, 0.15) is 6.07 Å². The average Bonchev–Trinajstić information content (AvgIpc) is 2.89. The molecule has 0 unspecified atom stereocenters. The molecule has 0 aliphatic heterocycles. The first kappa shape index (κ1) is 13.6. The van der Waals surface area contributed by atoms with E-state index in [9.17, 15) is 4.79 Å². The Bertz CT molecular complexity index is 599. The summed E-state index contributed by atoms with van der Waals surface area (Å²) >= 11 is 5.95. The standard InChI is InChI=1S/C15H14ClNO2/c1-15(2)11(13(15)14(18)19)6-4-9-3-5-10(8-17)12(16)7-9/h3-7,11,13H,1-2H3,(H,18,19)/t11-,13+/m1/s1. The van der Waals surface area contributed by atoms with Crippen LogP contribution in [0.2, 0.25) is 5.02 Å². The third kappa shape index (κ3) is 2.50. The summed E-state index contributed by atoms with van der Waals surface area (Å²) in [6.07, 6.45) is 3.78. The maximum Gasteiger partial charge on any atom is 0.307 e. The normalized spacial score (nSPS) is 24.1. The minimum Gasteiger partial charge on any atom is -0.481 e. The van der Waals surface area contributed by atoms with Crippen LogP contribution in [-0.2, 0) is 4.79 Å². The zero-order valence-electron chi connectivity index (χ0n) is 10.7. The molecule has 4 heteroatoms. The van der Waals surface area contributed by atoms with E-state index < -0.39 is 5.97 Å². The molecule has 0 amide bonds. The molecule has 0 heterocycles. The summed E-state index contributed by atoms with van der Waals surface area (Å²) in [7, 11) is 0. The molecule has 1 N–H and O–H groups in total. The van der Waals surface area contributed by atoms with Crippen LogP contribution in [0.1, 0.15) is 25.0 Å². The highest BCUT2D eigenvalue weighted by atomic mass is 35.5. The number of rotatable bonds is 3. The Morgan fingerprint density at radius 2 is 2.21 bits per heavy atom. The summed E-state index contributed by atoms with van der Waals surface area (Å²) < 4.78 is 0. The maximum atomic E-state index is 11.0. The van der Waals surface area contributed by atoms with E-state index in [0.29, 0.717) is 10.6 Å². The number of carboxylic acids is 1. The maximum absolute atomic E-state index is 11.0. The first-order chi connectivity index (χ1) is 8.87. The number of halogens is 1. The molecule has 1 fully saturated rings. The number of benzene rings is 1. The van der Waals surface area contributed by atoms with Crippen molar-refractivity contribution in [3.8, 4) is 6.07 Å². The van der Waals surface area contributed by atoms with Crippen molar-refractivity contribution in [2.45, 2.75) is 13.8 Å². The van der Waals surface area contributed by atoms with E-state index in [2.05, 4.69) is 0 Å². The number of carboxylic acid groups (broad SMARTS) is 1. The van der Waals surface area contributed by atoms with Crippen molar-refractivity contribution < 1.29 is 9.90 Å². The lowest BCUT2D eigenvalue weighted by Gasteiger charge is -1.98. The van der Waals surface area contributed by atoms with Gasteiger partial charge in [-0.15, -0.1) is 0 Å². The highest BCUT2D eigenvalue weighted by molar-refractivity contribution is 6.31. The van der Waals surface area contributed by atoms with E-state index in [1.165, 1.54) is 0 Å². The molecule has 0 bridgehead atoms. The molecule has 1 aliphatic rings. The predicted molar refractivity (Wildman–Crippen MR) is 73.6 cm³/mol. The van der Waals surface area contributed by atoms with Crippen molar-refractivity contribution in [3.63, 3.8) is 0 Å². The third-order valence-corrected chi connectivity index (χ3v) is 4.10. The van der Waals surface area contributed by atoms with Crippen LogP contribution in [0.25, 0.3) is 6.08 Å². The summed E-state index contributed by atoms with van der Waals surface area (Å²) in [6.45, 7) is 3.90. The van der Waals surface area contributed by atoms with Gasteiger partial charge < -0.3 is 5.11 Å². The molecular formula is C15H14ClNO2. The third-order valence-electron chi connectivity index (χ3n) is 3.79. The second-order valence-corrected chi connectivity index (χ2v) is 5.78. The monoisotopic (exact) mass is 275 g/mol. The van der Waals surface area contributed by atoms with Crippen LogP contribution < -0.4 is 0 Å². The van der Waals surface area contributed by atoms with Crippen molar-refractivity contribution in [2.24, 2.45) is 17.3 Å². The molecular weight excluding hydrogens is 262 g/mol. The Morgan fingerprint density at radius 1 is 1.53 bits per heavy atom. The van der Waals surface area contributed by atoms with Crippen LogP contribution >= 0.6 is 11.6 Å². The lowest BCUT2D eigenvalue weighted by molar-refractivity contribution is -0.139. The van der Waals surface area contributed by atoms with Crippen molar-refractivity contribution >= 4 is 23.6 Å². The fourth-order valence-corrected chi connectivity index (χ4v) is 2.68. The molecule has 1 aromatic carbocycles.